The lowest BCUT2D eigenvalue weighted by molar-refractivity contribution is 0.0693. The molecule has 0 atom stereocenters. The summed E-state index contributed by atoms with van der Waals surface area (Å²) < 4.78 is 0.882. The van der Waals surface area contributed by atoms with Crippen LogP contribution >= 0.6 is 15.9 Å². The van der Waals surface area contributed by atoms with Crippen LogP contribution in [0.2, 0.25) is 0 Å². The van der Waals surface area contributed by atoms with E-state index in [0.29, 0.717) is 5.39 Å². The number of hydrogen-bond acceptors (Lipinski definition) is 2. The average Bonchev–Trinajstić information content (AvgIpc) is 2.23. The number of hydrogen-bond donors (Lipinski definition) is 1. The monoisotopic (exact) mass is 265 g/mol. The smallest absolute Gasteiger partial charge is 0.355 e. The summed E-state index contributed by atoms with van der Waals surface area (Å²) in [7, 11) is 0. The van der Waals surface area contributed by atoms with Gasteiger partial charge in [-0.3, -0.25) is 0 Å². The molecule has 0 unspecified atom stereocenters. The Bertz CT molecular complexity index is 552. The van der Waals surface area contributed by atoms with Gasteiger partial charge in [-0.1, -0.05) is 22.0 Å². The third kappa shape index (κ3) is 1.61. The summed E-state index contributed by atoms with van der Waals surface area (Å²) in [5, 5.41) is 10.6. The fourth-order valence-electron chi connectivity index (χ4n) is 1.59. The maximum atomic E-state index is 11.0. The van der Waals surface area contributed by atoms with E-state index in [1.54, 1.807) is 6.07 Å². The highest BCUT2D eigenvalue weighted by Crippen LogP contribution is 2.28. The van der Waals surface area contributed by atoms with Gasteiger partial charge in [0, 0.05) is 21.4 Å². The number of aromatic carboxylic acids is 1. The molecule has 1 aromatic heterocycles. The highest BCUT2D eigenvalue weighted by atomic mass is 79.9. The molecule has 2 aromatic rings. The SMILES string of the molecule is Cc1ccc(Br)c2ccnc(C(=O)O)c12. The maximum Gasteiger partial charge on any atom is 0.355 e. The summed E-state index contributed by atoms with van der Waals surface area (Å²) in [5.74, 6) is -0.998. The number of carboxylic acids is 1. The van der Waals surface area contributed by atoms with Crippen molar-refractivity contribution in [1.82, 2.24) is 4.98 Å². The third-order valence-corrected chi connectivity index (χ3v) is 2.98. The van der Waals surface area contributed by atoms with E-state index in [1.807, 2.05) is 19.1 Å². The zero-order chi connectivity index (χ0) is 11.0. The van der Waals surface area contributed by atoms with Crippen LogP contribution in [0.5, 0.6) is 0 Å². The predicted molar refractivity (Wildman–Crippen MR) is 61.1 cm³/mol. The topological polar surface area (TPSA) is 50.2 Å². The van der Waals surface area contributed by atoms with Gasteiger partial charge in [-0.05, 0) is 24.6 Å². The number of pyridine rings is 1. The first-order chi connectivity index (χ1) is 7.11. The molecular formula is C11H8BrNO2. The van der Waals surface area contributed by atoms with E-state index in [4.69, 9.17) is 5.11 Å². The minimum atomic E-state index is -0.998. The largest absolute Gasteiger partial charge is 0.476 e. The van der Waals surface area contributed by atoms with E-state index in [9.17, 15) is 4.79 Å². The van der Waals surface area contributed by atoms with Crippen LogP contribution in [0.4, 0.5) is 0 Å². The van der Waals surface area contributed by atoms with Crippen LogP contribution < -0.4 is 0 Å². The quantitative estimate of drug-likeness (QED) is 0.863. The summed E-state index contributed by atoms with van der Waals surface area (Å²) in [4.78, 5) is 14.9. The Balaban J connectivity index is 2.96. The van der Waals surface area contributed by atoms with Crippen molar-refractivity contribution >= 4 is 32.7 Å². The van der Waals surface area contributed by atoms with Crippen LogP contribution in [-0.4, -0.2) is 16.1 Å². The van der Waals surface area contributed by atoms with Crippen molar-refractivity contribution < 1.29 is 9.90 Å². The average molecular weight is 266 g/mol. The standard InChI is InChI=1S/C11H8BrNO2/c1-6-2-3-8(12)7-4-5-13-10(9(6)7)11(14)15/h2-5H,1H3,(H,14,15). The normalized spacial score (nSPS) is 10.5. The van der Waals surface area contributed by atoms with Crippen molar-refractivity contribution in [3.63, 3.8) is 0 Å². The third-order valence-electron chi connectivity index (χ3n) is 2.28. The Hall–Kier alpha value is -1.42. The summed E-state index contributed by atoms with van der Waals surface area (Å²) in [5.41, 5.74) is 1.02. The number of halogens is 1. The Morgan fingerprint density at radius 3 is 2.80 bits per heavy atom. The molecule has 4 heteroatoms. The van der Waals surface area contributed by atoms with E-state index in [0.717, 1.165) is 15.4 Å². The minimum absolute atomic E-state index is 0.103. The molecule has 76 valence electrons. The number of nitrogens with zero attached hydrogens (tertiary/aromatic N) is 1. The Kier molecular flexibility index (Phi) is 2.44. The van der Waals surface area contributed by atoms with Gasteiger partial charge in [-0.2, -0.15) is 0 Å². The molecule has 1 N–H and O–H groups in total. The van der Waals surface area contributed by atoms with Gasteiger partial charge in [0.1, 0.15) is 0 Å². The molecule has 2 rings (SSSR count). The van der Waals surface area contributed by atoms with Crippen molar-refractivity contribution in [3.05, 3.63) is 40.1 Å². The van der Waals surface area contributed by atoms with Gasteiger partial charge in [0.15, 0.2) is 5.69 Å². The van der Waals surface area contributed by atoms with Crippen LogP contribution in [0.15, 0.2) is 28.9 Å². The fourth-order valence-corrected chi connectivity index (χ4v) is 2.06. The van der Waals surface area contributed by atoms with Crippen LogP contribution in [0.3, 0.4) is 0 Å². The molecule has 0 saturated heterocycles. The van der Waals surface area contributed by atoms with E-state index >= 15 is 0 Å². The summed E-state index contributed by atoms with van der Waals surface area (Å²) in [6.45, 7) is 1.88. The number of aromatic nitrogens is 1. The predicted octanol–water partition coefficient (Wildman–Crippen LogP) is 3.00. The summed E-state index contributed by atoms with van der Waals surface area (Å²) >= 11 is 3.39. The number of fused-ring (bicyclic) bond motifs is 1. The van der Waals surface area contributed by atoms with Crippen molar-refractivity contribution in [3.8, 4) is 0 Å². The second kappa shape index (κ2) is 3.62. The van der Waals surface area contributed by atoms with Gasteiger partial charge in [-0.25, -0.2) is 9.78 Å². The van der Waals surface area contributed by atoms with Gasteiger partial charge >= 0.3 is 5.97 Å². The summed E-state index contributed by atoms with van der Waals surface area (Å²) in [6.07, 6.45) is 1.51. The van der Waals surface area contributed by atoms with Gasteiger partial charge in [-0.15, -0.1) is 0 Å². The highest BCUT2D eigenvalue weighted by molar-refractivity contribution is 9.10. The first kappa shape index (κ1) is 10.1. The summed E-state index contributed by atoms with van der Waals surface area (Å²) in [6, 6.07) is 5.59. The molecule has 0 spiro atoms. The number of carboxylic acid groups (broad SMARTS) is 1. The molecule has 0 bridgehead atoms. The lowest BCUT2D eigenvalue weighted by atomic mass is 10.0. The van der Waals surface area contributed by atoms with Crippen LogP contribution in [0, 0.1) is 6.92 Å². The van der Waals surface area contributed by atoms with Crippen LogP contribution in [0.25, 0.3) is 10.8 Å². The van der Waals surface area contributed by atoms with Gasteiger partial charge in [0.2, 0.25) is 0 Å². The fraction of sp³-hybridized carbons (Fsp3) is 0.0909. The molecule has 0 radical (unpaired) electrons. The molecule has 0 amide bonds. The molecule has 0 aliphatic heterocycles. The molecule has 1 heterocycles. The first-order valence-electron chi connectivity index (χ1n) is 4.38. The van der Waals surface area contributed by atoms with Crippen molar-refractivity contribution in [2.75, 3.05) is 0 Å². The number of carbonyl (C=O) groups is 1. The molecule has 0 fully saturated rings. The van der Waals surface area contributed by atoms with Crippen LogP contribution in [-0.2, 0) is 0 Å². The molecule has 0 saturated carbocycles. The second-order valence-corrected chi connectivity index (χ2v) is 4.11. The van der Waals surface area contributed by atoms with Gasteiger partial charge < -0.3 is 5.11 Å². The number of rotatable bonds is 1. The first-order valence-corrected chi connectivity index (χ1v) is 5.17. The van der Waals surface area contributed by atoms with E-state index in [-0.39, 0.29) is 5.69 Å². The van der Waals surface area contributed by atoms with E-state index < -0.39 is 5.97 Å². The van der Waals surface area contributed by atoms with Gasteiger partial charge in [0.05, 0.1) is 0 Å². The second-order valence-electron chi connectivity index (χ2n) is 3.25. The molecule has 1 aromatic carbocycles. The molecule has 0 aliphatic carbocycles. The lowest BCUT2D eigenvalue weighted by Gasteiger charge is -2.06. The van der Waals surface area contributed by atoms with Crippen molar-refractivity contribution in [2.24, 2.45) is 0 Å². The number of aryl methyl sites for hydroxylation is 1. The Morgan fingerprint density at radius 1 is 1.40 bits per heavy atom. The lowest BCUT2D eigenvalue weighted by Crippen LogP contribution is -2.02. The minimum Gasteiger partial charge on any atom is -0.476 e. The van der Waals surface area contributed by atoms with Crippen molar-refractivity contribution in [1.29, 1.82) is 0 Å². The van der Waals surface area contributed by atoms with Gasteiger partial charge in [0.25, 0.3) is 0 Å². The maximum absolute atomic E-state index is 11.0. The zero-order valence-corrected chi connectivity index (χ0v) is 9.58. The van der Waals surface area contributed by atoms with Crippen molar-refractivity contribution in [2.45, 2.75) is 6.92 Å². The van der Waals surface area contributed by atoms with E-state index in [2.05, 4.69) is 20.9 Å². The Labute approximate surface area is 94.9 Å². The number of benzene rings is 1. The molecule has 0 aliphatic rings. The zero-order valence-electron chi connectivity index (χ0n) is 7.99. The highest BCUT2D eigenvalue weighted by Gasteiger charge is 2.12. The van der Waals surface area contributed by atoms with E-state index in [1.165, 1.54) is 6.20 Å². The molecule has 3 nitrogen and oxygen atoms in total. The molecule has 15 heavy (non-hydrogen) atoms. The Morgan fingerprint density at radius 2 is 2.13 bits per heavy atom. The molecular weight excluding hydrogens is 258 g/mol. The van der Waals surface area contributed by atoms with Crippen LogP contribution in [0.1, 0.15) is 16.1 Å².